The van der Waals surface area contributed by atoms with Crippen molar-refractivity contribution in [2.45, 2.75) is 20.3 Å². The normalized spacial score (nSPS) is 10.0. The Morgan fingerprint density at radius 1 is 1.57 bits per heavy atom. The van der Waals surface area contributed by atoms with Gasteiger partial charge >= 0.3 is 0 Å². The summed E-state index contributed by atoms with van der Waals surface area (Å²) in [7, 11) is 0. The van der Waals surface area contributed by atoms with E-state index in [4.69, 9.17) is 0 Å². The highest BCUT2D eigenvalue weighted by Crippen LogP contribution is 2.24. The van der Waals surface area contributed by atoms with Crippen molar-refractivity contribution >= 4 is 27.5 Å². The molecule has 1 rings (SSSR count). The van der Waals surface area contributed by atoms with Crippen LogP contribution in [-0.4, -0.2) is 5.91 Å². The van der Waals surface area contributed by atoms with Crippen LogP contribution in [0, 0.1) is 5.82 Å². The standard InChI is InChI=1S/C10H11BrFNO/c1-3-7-4-8(11)9(12)5-10(7)13-6(2)14/h4-5H,3H2,1-2H3,(H,13,14). The number of nitrogens with one attached hydrogen (secondary N) is 1. The first-order valence-corrected chi connectivity index (χ1v) is 5.09. The van der Waals surface area contributed by atoms with Crippen LogP contribution in [0.4, 0.5) is 10.1 Å². The second kappa shape index (κ2) is 4.55. The van der Waals surface area contributed by atoms with Crippen LogP contribution in [0.3, 0.4) is 0 Å². The maximum Gasteiger partial charge on any atom is 0.221 e. The number of halogens is 2. The lowest BCUT2D eigenvalue weighted by atomic mass is 10.1. The van der Waals surface area contributed by atoms with Crippen molar-refractivity contribution in [3.05, 3.63) is 28.0 Å². The molecule has 0 saturated heterocycles. The third kappa shape index (κ3) is 2.54. The summed E-state index contributed by atoms with van der Waals surface area (Å²) in [5, 5.41) is 2.59. The van der Waals surface area contributed by atoms with Gasteiger partial charge in [-0.3, -0.25) is 4.79 Å². The topological polar surface area (TPSA) is 29.1 Å². The molecule has 0 heterocycles. The highest BCUT2D eigenvalue weighted by atomic mass is 79.9. The first-order chi connectivity index (χ1) is 6.54. The molecule has 0 bridgehead atoms. The molecule has 76 valence electrons. The number of benzene rings is 1. The first kappa shape index (κ1) is 11.2. The van der Waals surface area contributed by atoms with Gasteiger partial charge in [0.2, 0.25) is 5.91 Å². The number of rotatable bonds is 2. The van der Waals surface area contributed by atoms with Gasteiger partial charge in [-0.05, 0) is 40.0 Å². The van der Waals surface area contributed by atoms with E-state index < -0.39 is 0 Å². The Morgan fingerprint density at radius 3 is 2.71 bits per heavy atom. The van der Waals surface area contributed by atoms with Gasteiger partial charge in [0.1, 0.15) is 5.82 Å². The van der Waals surface area contributed by atoms with Gasteiger partial charge in [0, 0.05) is 12.6 Å². The number of aryl methyl sites for hydroxylation is 1. The van der Waals surface area contributed by atoms with Gasteiger partial charge in [0.25, 0.3) is 0 Å². The Hall–Kier alpha value is -0.900. The van der Waals surface area contributed by atoms with E-state index in [0.29, 0.717) is 10.2 Å². The molecule has 0 unspecified atom stereocenters. The zero-order valence-corrected chi connectivity index (χ0v) is 9.61. The van der Waals surface area contributed by atoms with Gasteiger partial charge in [0.05, 0.1) is 4.47 Å². The Labute approximate surface area is 90.6 Å². The van der Waals surface area contributed by atoms with Crippen molar-refractivity contribution in [2.75, 3.05) is 5.32 Å². The minimum atomic E-state index is -0.369. The van der Waals surface area contributed by atoms with Gasteiger partial charge in [-0.15, -0.1) is 0 Å². The fraction of sp³-hybridized carbons (Fsp3) is 0.300. The molecule has 0 radical (unpaired) electrons. The first-order valence-electron chi connectivity index (χ1n) is 4.30. The van der Waals surface area contributed by atoms with Crippen molar-refractivity contribution < 1.29 is 9.18 Å². The lowest BCUT2D eigenvalue weighted by Crippen LogP contribution is -2.08. The maximum atomic E-state index is 13.1. The van der Waals surface area contributed by atoms with E-state index in [1.807, 2.05) is 6.92 Å². The number of amides is 1. The van der Waals surface area contributed by atoms with E-state index in [1.54, 1.807) is 6.07 Å². The molecule has 1 aromatic rings. The minimum Gasteiger partial charge on any atom is -0.326 e. The second-order valence-corrected chi connectivity index (χ2v) is 3.81. The molecular formula is C10H11BrFNO. The van der Waals surface area contributed by atoms with Crippen LogP contribution in [-0.2, 0) is 11.2 Å². The van der Waals surface area contributed by atoms with E-state index in [-0.39, 0.29) is 11.7 Å². The molecule has 0 spiro atoms. The molecule has 0 saturated carbocycles. The summed E-state index contributed by atoms with van der Waals surface area (Å²) < 4.78 is 13.6. The number of carbonyl (C=O) groups is 1. The zero-order chi connectivity index (χ0) is 10.7. The molecule has 2 nitrogen and oxygen atoms in total. The molecule has 0 aromatic heterocycles. The van der Waals surface area contributed by atoms with E-state index in [2.05, 4.69) is 21.2 Å². The number of carbonyl (C=O) groups excluding carboxylic acids is 1. The molecule has 0 atom stereocenters. The monoisotopic (exact) mass is 259 g/mol. The average Bonchev–Trinajstić information content (AvgIpc) is 2.10. The Bertz CT molecular complexity index is 365. The van der Waals surface area contributed by atoms with Crippen LogP contribution >= 0.6 is 15.9 Å². The summed E-state index contributed by atoms with van der Waals surface area (Å²) >= 11 is 3.10. The second-order valence-electron chi connectivity index (χ2n) is 2.96. The van der Waals surface area contributed by atoms with Gasteiger partial charge < -0.3 is 5.32 Å². The van der Waals surface area contributed by atoms with Crippen LogP contribution in [0.15, 0.2) is 16.6 Å². The Kier molecular flexibility index (Phi) is 3.63. The van der Waals surface area contributed by atoms with Gasteiger partial charge in [-0.2, -0.15) is 0 Å². The van der Waals surface area contributed by atoms with Crippen LogP contribution < -0.4 is 5.32 Å². The molecule has 1 amide bonds. The number of hydrogen-bond acceptors (Lipinski definition) is 1. The average molecular weight is 260 g/mol. The molecule has 0 aliphatic heterocycles. The lowest BCUT2D eigenvalue weighted by Gasteiger charge is -2.09. The van der Waals surface area contributed by atoms with Gasteiger partial charge in [-0.25, -0.2) is 4.39 Å². The van der Waals surface area contributed by atoms with Crippen LogP contribution in [0.5, 0.6) is 0 Å². The number of hydrogen-bond donors (Lipinski definition) is 1. The molecule has 4 heteroatoms. The van der Waals surface area contributed by atoms with Gasteiger partial charge in [-0.1, -0.05) is 6.92 Å². The molecule has 0 aliphatic rings. The Balaban J connectivity index is 3.13. The number of anilines is 1. The quantitative estimate of drug-likeness (QED) is 0.869. The van der Waals surface area contributed by atoms with E-state index in [9.17, 15) is 9.18 Å². The fourth-order valence-corrected chi connectivity index (χ4v) is 1.58. The van der Waals surface area contributed by atoms with Crippen LogP contribution in [0.25, 0.3) is 0 Å². The lowest BCUT2D eigenvalue weighted by molar-refractivity contribution is -0.114. The van der Waals surface area contributed by atoms with Crippen molar-refractivity contribution in [2.24, 2.45) is 0 Å². The van der Waals surface area contributed by atoms with Gasteiger partial charge in [0.15, 0.2) is 0 Å². The summed E-state index contributed by atoms with van der Waals surface area (Å²) in [5.74, 6) is -0.563. The minimum absolute atomic E-state index is 0.193. The zero-order valence-electron chi connectivity index (χ0n) is 8.03. The predicted octanol–water partition coefficient (Wildman–Crippen LogP) is 3.11. The largest absolute Gasteiger partial charge is 0.326 e. The molecular weight excluding hydrogens is 249 g/mol. The molecule has 0 aliphatic carbocycles. The van der Waals surface area contributed by atoms with Crippen molar-refractivity contribution in [1.82, 2.24) is 0 Å². The van der Waals surface area contributed by atoms with E-state index >= 15 is 0 Å². The summed E-state index contributed by atoms with van der Waals surface area (Å²) in [6.45, 7) is 3.35. The SMILES string of the molecule is CCc1cc(Br)c(F)cc1NC(C)=O. The van der Waals surface area contributed by atoms with Crippen LogP contribution in [0.1, 0.15) is 19.4 Å². The maximum absolute atomic E-state index is 13.1. The fourth-order valence-electron chi connectivity index (χ4n) is 1.19. The molecule has 1 aromatic carbocycles. The van der Waals surface area contributed by atoms with E-state index in [1.165, 1.54) is 13.0 Å². The summed E-state index contributed by atoms with van der Waals surface area (Å²) in [4.78, 5) is 10.8. The summed E-state index contributed by atoms with van der Waals surface area (Å²) in [6.07, 6.45) is 0.745. The highest BCUT2D eigenvalue weighted by molar-refractivity contribution is 9.10. The van der Waals surface area contributed by atoms with Crippen molar-refractivity contribution in [3.63, 3.8) is 0 Å². The summed E-state index contributed by atoms with van der Waals surface area (Å²) in [5.41, 5.74) is 1.45. The predicted molar refractivity (Wildman–Crippen MR) is 57.8 cm³/mol. The highest BCUT2D eigenvalue weighted by Gasteiger charge is 2.07. The summed E-state index contributed by atoms with van der Waals surface area (Å²) in [6, 6.07) is 3.00. The third-order valence-corrected chi connectivity index (χ3v) is 2.45. The molecule has 14 heavy (non-hydrogen) atoms. The third-order valence-electron chi connectivity index (χ3n) is 1.84. The van der Waals surface area contributed by atoms with Crippen LogP contribution in [0.2, 0.25) is 0 Å². The smallest absolute Gasteiger partial charge is 0.221 e. The van der Waals surface area contributed by atoms with Crippen molar-refractivity contribution in [1.29, 1.82) is 0 Å². The molecule has 0 fully saturated rings. The van der Waals surface area contributed by atoms with Crippen molar-refractivity contribution in [3.8, 4) is 0 Å². The Morgan fingerprint density at radius 2 is 2.21 bits per heavy atom. The van der Waals surface area contributed by atoms with E-state index in [0.717, 1.165) is 12.0 Å². The molecule has 1 N–H and O–H groups in total.